The Morgan fingerprint density at radius 2 is 2.38 bits per heavy atom. The molecule has 2 aromatic rings. The summed E-state index contributed by atoms with van der Waals surface area (Å²) in [7, 11) is 0. The first kappa shape index (κ1) is 14.8. The minimum Gasteiger partial charge on any atom is -0.493 e. The molecule has 2 heterocycles. The fourth-order valence-electron chi connectivity index (χ4n) is 2.64. The predicted molar refractivity (Wildman–Crippen MR) is 85.3 cm³/mol. The van der Waals surface area contributed by atoms with E-state index in [2.05, 4.69) is 21.8 Å². The summed E-state index contributed by atoms with van der Waals surface area (Å²) in [5, 5.41) is 10.5. The molecule has 1 unspecified atom stereocenters. The zero-order chi connectivity index (χ0) is 14.7. The maximum atomic E-state index is 6.24. The van der Waals surface area contributed by atoms with Gasteiger partial charge in [0.15, 0.2) is 0 Å². The van der Waals surface area contributed by atoms with Crippen LogP contribution in [0.2, 0.25) is 5.02 Å². The SMILES string of the molecule is CCCNC(Cc1cc(Cl)cc2c1OCC2)c1csnn1. The number of halogens is 1. The Bertz CT molecular complexity index is 603. The van der Waals surface area contributed by atoms with E-state index in [1.807, 2.05) is 17.5 Å². The molecule has 1 N–H and O–H groups in total. The summed E-state index contributed by atoms with van der Waals surface area (Å²) >= 11 is 7.62. The quantitative estimate of drug-likeness (QED) is 0.885. The smallest absolute Gasteiger partial charge is 0.125 e. The lowest BCUT2D eigenvalue weighted by atomic mass is 10.00. The van der Waals surface area contributed by atoms with Crippen LogP contribution in [0.25, 0.3) is 0 Å². The van der Waals surface area contributed by atoms with Crippen molar-refractivity contribution in [2.45, 2.75) is 32.2 Å². The summed E-state index contributed by atoms with van der Waals surface area (Å²) < 4.78 is 9.76. The zero-order valence-corrected chi connectivity index (χ0v) is 13.5. The Balaban J connectivity index is 1.86. The molecule has 0 fully saturated rings. The summed E-state index contributed by atoms with van der Waals surface area (Å²) in [6, 6.07) is 4.16. The Hall–Kier alpha value is -1.17. The number of hydrogen-bond acceptors (Lipinski definition) is 5. The van der Waals surface area contributed by atoms with Crippen LogP contribution < -0.4 is 10.1 Å². The molecule has 1 aliphatic rings. The van der Waals surface area contributed by atoms with E-state index in [0.29, 0.717) is 0 Å². The van der Waals surface area contributed by atoms with E-state index in [-0.39, 0.29) is 6.04 Å². The fourth-order valence-corrected chi connectivity index (χ4v) is 3.41. The van der Waals surface area contributed by atoms with Gasteiger partial charge in [0.2, 0.25) is 0 Å². The van der Waals surface area contributed by atoms with Gasteiger partial charge in [0.25, 0.3) is 0 Å². The highest BCUT2D eigenvalue weighted by molar-refractivity contribution is 7.03. The minimum absolute atomic E-state index is 0.149. The minimum atomic E-state index is 0.149. The second-order valence-corrected chi connectivity index (χ2v) is 6.24. The van der Waals surface area contributed by atoms with Crippen molar-refractivity contribution >= 4 is 23.1 Å². The van der Waals surface area contributed by atoms with E-state index in [1.54, 1.807) is 0 Å². The molecular formula is C15H18ClN3OS. The van der Waals surface area contributed by atoms with Crippen LogP contribution in [0.3, 0.4) is 0 Å². The highest BCUT2D eigenvalue weighted by Crippen LogP contribution is 2.35. The summed E-state index contributed by atoms with van der Waals surface area (Å²) in [6.07, 6.45) is 2.83. The second-order valence-electron chi connectivity index (χ2n) is 5.19. The standard InChI is InChI=1S/C15H18ClN3OS/c1-2-4-17-13(14-9-21-19-18-14)8-11-7-12(16)6-10-3-5-20-15(10)11/h6-7,9,13,17H,2-5,8H2,1H3. The zero-order valence-electron chi connectivity index (χ0n) is 11.9. The third-order valence-electron chi connectivity index (χ3n) is 3.62. The van der Waals surface area contributed by atoms with E-state index in [4.69, 9.17) is 16.3 Å². The van der Waals surface area contributed by atoms with Gasteiger partial charge in [0.05, 0.1) is 18.3 Å². The van der Waals surface area contributed by atoms with E-state index in [1.165, 1.54) is 17.1 Å². The van der Waals surface area contributed by atoms with E-state index in [0.717, 1.165) is 54.4 Å². The van der Waals surface area contributed by atoms with Crippen LogP contribution in [0, 0.1) is 0 Å². The summed E-state index contributed by atoms with van der Waals surface area (Å²) in [5.41, 5.74) is 3.35. The molecule has 1 aliphatic heterocycles. The normalized spacial score (nSPS) is 14.8. The van der Waals surface area contributed by atoms with Crippen molar-refractivity contribution in [1.82, 2.24) is 14.9 Å². The first-order valence-corrected chi connectivity index (χ1v) is 8.43. The molecule has 6 heteroatoms. The molecule has 0 amide bonds. The number of aromatic nitrogens is 2. The summed E-state index contributed by atoms with van der Waals surface area (Å²) in [4.78, 5) is 0. The van der Waals surface area contributed by atoms with Gasteiger partial charge in [-0.15, -0.1) is 5.10 Å². The van der Waals surface area contributed by atoms with Gasteiger partial charge in [-0.25, -0.2) is 0 Å². The van der Waals surface area contributed by atoms with Crippen LogP contribution in [-0.2, 0) is 12.8 Å². The summed E-state index contributed by atoms with van der Waals surface area (Å²) in [6.45, 7) is 3.85. The van der Waals surface area contributed by atoms with Crippen LogP contribution >= 0.6 is 23.1 Å². The van der Waals surface area contributed by atoms with Crippen molar-refractivity contribution in [3.63, 3.8) is 0 Å². The average Bonchev–Trinajstić information content (AvgIpc) is 3.13. The van der Waals surface area contributed by atoms with Gasteiger partial charge in [0.1, 0.15) is 5.75 Å². The van der Waals surface area contributed by atoms with Gasteiger partial charge in [0, 0.05) is 16.8 Å². The number of hydrogen-bond donors (Lipinski definition) is 1. The molecule has 0 radical (unpaired) electrons. The van der Waals surface area contributed by atoms with Crippen LogP contribution in [-0.4, -0.2) is 22.7 Å². The molecule has 112 valence electrons. The topological polar surface area (TPSA) is 47.0 Å². The Kier molecular flexibility index (Phi) is 4.73. The van der Waals surface area contributed by atoms with Crippen molar-refractivity contribution in [1.29, 1.82) is 0 Å². The molecule has 0 aliphatic carbocycles. The van der Waals surface area contributed by atoms with Crippen LogP contribution in [0.4, 0.5) is 0 Å². The van der Waals surface area contributed by atoms with Crippen molar-refractivity contribution in [3.05, 3.63) is 39.4 Å². The molecule has 3 rings (SSSR count). The number of nitrogens with one attached hydrogen (secondary N) is 1. The van der Waals surface area contributed by atoms with Gasteiger partial charge in [-0.3, -0.25) is 0 Å². The Morgan fingerprint density at radius 1 is 1.48 bits per heavy atom. The molecule has 0 spiro atoms. The Labute approximate surface area is 133 Å². The molecule has 0 saturated carbocycles. The van der Waals surface area contributed by atoms with Crippen molar-refractivity contribution in [2.24, 2.45) is 0 Å². The maximum Gasteiger partial charge on any atom is 0.125 e. The number of nitrogens with zero attached hydrogens (tertiary/aromatic N) is 2. The van der Waals surface area contributed by atoms with E-state index in [9.17, 15) is 0 Å². The molecular weight excluding hydrogens is 306 g/mol. The first-order valence-electron chi connectivity index (χ1n) is 7.22. The van der Waals surface area contributed by atoms with E-state index >= 15 is 0 Å². The third kappa shape index (κ3) is 3.36. The number of rotatable bonds is 6. The molecule has 0 saturated heterocycles. The fraction of sp³-hybridized carbons (Fsp3) is 0.467. The highest BCUT2D eigenvalue weighted by Gasteiger charge is 2.22. The first-order chi connectivity index (χ1) is 10.3. The number of fused-ring (bicyclic) bond motifs is 1. The van der Waals surface area contributed by atoms with Crippen molar-refractivity contribution in [3.8, 4) is 5.75 Å². The van der Waals surface area contributed by atoms with Gasteiger partial charge in [-0.05, 0) is 54.2 Å². The number of ether oxygens (including phenoxy) is 1. The summed E-state index contributed by atoms with van der Waals surface area (Å²) in [5.74, 6) is 1.01. The van der Waals surface area contributed by atoms with Crippen LogP contribution in [0.15, 0.2) is 17.5 Å². The maximum absolute atomic E-state index is 6.24. The van der Waals surface area contributed by atoms with Crippen molar-refractivity contribution < 1.29 is 4.74 Å². The molecule has 1 atom stereocenters. The Morgan fingerprint density at radius 3 is 3.14 bits per heavy atom. The third-order valence-corrected chi connectivity index (χ3v) is 4.37. The van der Waals surface area contributed by atoms with Gasteiger partial charge in [-0.1, -0.05) is 23.0 Å². The molecule has 21 heavy (non-hydrogen) atoms. The lowest BCUT2D eigenvalue weighted by Crippen LogP contribution is -2.24. The molecule has 1 aromatic carbocycles. The van der Waals surface area contributed by atoms with E-state index < -0.39 is 0 Å². The van der Waals surface area contributed by atoms with Gasteiger partial charge < -0.3 is 10.1 Å². The van der Waals surface area contributed by atoms with Gasteiger partial charge >= 0.3 is 0 Å². The van der Waals surface area contributed by atoms with Gasteiger partial charge in [-0.2, -0.15) is 0 Å². The largest absolute Gasteiger partial charge is 0.493 e. The number of benzene rings is 1. The average molecular weight is 324 g/mol. The lowest BCUT2D eigenvalue weighted by molar-refractivity contribution is 0.351. The highest BCUT2D eigenvalue weighted by atomic mass is 35.5. The molecule has 1 aromatic heterocycles. The van der Waals surface area contributed by atoms with Crippen LogP contribution in [0.1, 0.15) is 36.2 Å². The monoisotopic (exact) mass is 323 g/mol. The van der Waals surface area contributed by atoms with Crippen molar-refractivity contribution in [2.75, 3.05) is 13.2 Å². The van der Waals surface area contributed by atoms with Crippen LogP contribution in [0.5, 0.6) is 5.75 Å². The molecule has 4 nitrogen and oxygen atoms in total. The predicted octanol–water partition coefficient (Wildman–Crippen LogP) is 3.41. The lowest BCUT2D eigenvalue weighted by Gasteiger charge is -2.18. The second kappa shape index (κ2) is 6.73. The molecule has 0 bridgehead atoms.